The topological polar surface area (TPSA) is 3.24 Å². The molecule has 0 amide bonds. The van der Waals surface area contributed by atoms with Gasteiger partial charge in [-0.2, -0.15) is 0 Å². The smallest absolute Gasteiger partial charge is 0.0517 e. The van der Waals surface area contributed by atoms with E-state index in [2.05, 4.69) is 146 Å². The highest BCUT2D eigenvalue weighted by atomic mass is 15.2. The summed E-state index contributed by atoms with van der Waals surface area (Å²) in [5, 5.41) is 8.05. The van der Waals surface area contributed by atoms with E-state index in [1.807, 2.05) is 0 Å². The van der Waals surface area contributed by atoms with Crippen LogP contribution in [0.4, 0.5) is 11.4 Å². The zero-order chi connectivity index (χ0) is 28.8. The fourth-order valence-electron chi connectivity index (χ4n) is 8.81. The average Bonchev–Trinajstić information content (AvgIpc) is 3.27. The van der Waals surface area contributed by atoms with Crippen LogP contribution in [0.25, 0.3) is 54.6 Å². The highest BCUT2D eigenvalue weighted by Gasteiger charge is 2.57. The van der Waals surface area contributed by atoms with Crippen LogP contribution in [0.1, 0.15) is 45.1 Å². The number of fused-ring (bicyclic) bond motifs is 3. The molecule has 2 atom stereocenters. The summed E-state index contributed by atoms with van der Waals surface area (Å²) in [5.41, 5.74) is 9.53. The molecule has 1 aliphatic heterocycles. The maximum Gasteiger partial charge on any atom is 0.0517 e. The molecule has 2 unspecified atom stereocenters. The summed E-state index contributed by atoms with van der Waals surface area (Å²) in [6, 6.07) is 47.9. The molecule has 9 rings (SSSR count). The molecule has 43 heavy (non-hydrogen) atoms. The minimum Gasteiger partial charge on any atom is -0.334 e. The number of para-hydroxylation sites is 1. The summed E-state index contributed by atoms with van der Waals surface area (Å²) >= 11 is 0. The third-order valence-corrected chi connectivity index (χ3v) is 11.2. The molecule has 1 nitrogen and oxygen atoms in total. The Kier molecular flexibility index (Phi) is 5.18. The lowest BCUT2D eigenvalue weighted by Gasteiger charge is -2.50. The van der Waals surface area contributed by atoms with Crippen LogP contribution in [-0.2, 0) is 5.41 Å². The van der Waals surface area contributed by atoms with Gasteiger partial charge < -0.3 is 4.90 Å². The van der Waals surface area contributed by atoms with Gasteiger partial charge in [-0.25, -0.2) is 0 Å². The predicted molar refractivity (Wildman–Crippen MR) is 184 cm³/mol. The largest absolute Gasteiger partial charge is 0.334 e. The molecule has 0 N–H and O–H groups in total. The van der Waals surface area contributed by atoms with Gasteiger partial charge in [0.1, 0.15) is 0 Å². The van der Waals surface area contributed by atoms with Crippen molar-refractivity contribution in [1.29, 1.82) is 0 Å². The Morgan fingerprint density at radius 2 is 1.19 bits per heavy atom. The Morgan fingerprint density at radius 1 is 0.535 bits per heavy atom. The van der Waals surface area contributed by atoms with E-state index in [1.165, 1.54) is 97.2 Å². The van der Waals surface area contributed by atoms with Crippen LogP contribution < -0.4 is 4.90 Å². The fraction of sp³-hybridized carbons (Fsp3) is 0.190. The Bertz CT molecular complexity index is 2150. The van der Waals surface area contributed by atoms with Gasteiger partial charge in [-0.15, -0.1) is 0 Å². The molecule has 0 radical (unpaired) electrons. The lowest BCUT2D eigenvalue weighted by atomic mass is 9.61. The van der Waals surface area contributed by atoms with Crippen molar-refractivity contribution < 1.29 is 0 Å². The summed E-state index contributed by atoms with van der Waals surface area (Å²) < 4.78 is 0. The van der Waals surface area contributed by atoms with Gasteiger partial charge in [0.15, 0.2) is 0 Å². The maximum atomic E-state index is 2.67. The van der Waals surface area contributed by atoms with E-state index in [0.717, 1.165) is 0 Å². The van der Waals surface area contributed by atoms with Gasteiger partial charge in [-0.1, -0.05) is 117 Å². The first-order chi connectivity index (χ1) is 21.1. The molecule has 1 heterocycles. The first-order valence-corrected chi connectivity index (χ1v) is 15.8. The van der Waals surface area contributed by atoms with Gasteiger partial charge in [0.25, 0.3) is 0 Å². The molecule has 7 aromatic rings. The molecule has 1 heteroatoms. The number of hydrogen-bond donors (Lipinski definition) is 0. The Labute approximate surface area is 253 Å². The SMILES string of the molecule is CC12CCCCC1(C)N(c1ccccc1)c1ccc(-c3cc(-c4ccccc4)c4ccc5cccc6ccc3c4c56)cc12. The van der Waals surface area contributed by atoms with Gasteiger partial charge in [0, 0.05) is 16.8 Å². The lowest BCUT2D eigenvalue weighted by Crippen LogP contribution is -2.54. The van der Waals surface area contributed by atoms with Gasteiger partial charge in [-0.05, 0) is 110 Å². The Hall–Kier alpha value is -4.62. The molecular weight excluding hydrogens is 518 g/mol. The molecule has 2 aliphatic rings. The van der Waals surface area contributed by atoms with Crippen molar-refractivity contribution in [3.05, 3.63) is 133 Å². The van der Waals surface area contributed by atoms with E-state index in [4.69, 9.17) is 0 Å². The second kappa shape index (κ2) is 8.94. The van der Waals surface area contributed by atoms with Gasteiger partial charge in [0.05, 0.1) is 5.54 Å². The predicted octanol–water partition coefficient (Wildman–Crippen LogP) is 11.7. The zero-order valence-corrected chi connectivity index (χ0v) is 24.9. The van der Waals surface area contributed by atoms with E-state index < -0.39 is 0 Å². The van der Waals surface area contributed by atoms with Crippen LogP contribution in [0.3, 0.4) is 0 Å². The van der Waals surface area contributed by atoms with Crippen molar-refractivity contribution >= 4 is 43.7 Å². The molecule has 1 aliphatic carbocycles. The Morgan fingerprint density at radius 3 is 1.91 bits per heavy atom. The minimum absolute atomic E-state index is 0.0470. The number of benzene rings is 7. The molecule has 7 aromatic carbocycles. The van der Waals surface area contributed by atoms with Crippen molar-refractivity contribution in [3.8, 4) is 22.3 Å². The van der Waals surface area contributed by atoms with Crippen LogP contribution in [0.5, 0.6) is 0 Å². The van der Waals surface area contributed by atoms with Crippen molar-refractivity contribution in [1.82, 2.24) is 0 Å². The van der Waals surface area contributed by atoms with Crippen molar-refractivity contribution in [2.45, 2.75) is 50.5 Å². The molecule has 1 fully saturated rings. The second-order valence-corrected chi connectivity index (χ2v) is 13.2. The summed E-state index contributed by atoms with van der Waals surface area (Å²) in [6.45, 7) is 5.06. The Balaban J connectivity index is 1.34. The summed E-state index contributed by atoms with van der Waals surface area (Å²) in [5.74, 6) is 0. The number of nitrogens with zero attached hydrogens (tertiary/aromatic N) is 1. The summed E-state index contributed by atoms with van der Waals surface area (Å²) in [6.07, 6.45) is 5.00. The van der Waals surface area contributed by atoms with Gasteiger partial charge in [-0.3, -0.25) is 0 Å². The van der Waals surface area contributed by atoms with Crippen LogP contribution in [0, 0.1) is 0 Å². The zero-order valence-electron chi connectivity index (χ0n) is 24.9. The normalized spacial score (nSPS) is 21.5. The summed E-state index contributed by atoms with van der Waals surface area (Å²) in [7, 11) is 0. The average molecular weight is 554 g/mol. The van der Waals surface area contributed by atoms with Crippen molar-refractivity contribution in [2.75, 3.05) is 4.90 Å². The van der Waals surface area contributed by atoms with E-state index >= 15 is 0 Å². The number of anilines is 2. The quantitative estimate of drug-likeness (QED) is 0.197. The highest BCUT2D eigenvalue weighted by molar-refractivity contribution is 6.28. The van der Waals surface area contributed by atoms with E-state index in [-0.39, 0.29) is 11.0 Å². The van der Waals surface area contributed by atoms with Gasteiger partial charge in [0.2, 0.25) is 0 Å². The van der Waals surface area contributed by atoms with Crippen molar-refractivity contribution in [2.24, 2.45) is 0 Å². The summed E-state index contributed by atoms with van der Waals surface area (Å²) in [4.78, 5) is 2.67. The van der Waals surface area contributed by atoms with Crippen LogP contribution in [-0.4, -0.2) is 5.54 Å². The van der Waals surface area contributed by atoms with Crippen LogP contribution in [0.15, 0.2) is 127 Å². The standard InChI is InChI=1S/C42H35N/c1-41-24-9-10-25-42(41,2)43(32-16-7-4-8-17-32)38-23-20-31(26-37(38)41)36-27-35(28-12-5-3-6-13-28)33-21-18-29-14-11-15-30-19-22-34(36)40(33)39(29)30/h3-8,11-23,26-27H,9-10,24-25H2,1-2H3. The third kappa shape index (κ3) is 3.34. The van der Waals surface area contributed by atoms with E-state index in [0.29, 0.717) is 0 Å². The monoisotopic (exact) mass is 553 g/mol. The highest BCUT2D eigenvalue weighted by Crippen LogP contribution is 2.61. The molecule has 0 aromatic heterocycles. The molecule has 0 spiro atoms. The third-order valence-electron chi connectivity index (χ3n) is 11.2. The number of rotatable bonds is 3. The first-order valence-electron chi connectivity index (χ1n) is 15.8. The molecule has 0 saturated heterocycles. The lowest BCUT2D eigenvalue weighted by molar-refractivity contribution is 0.195. The first kappa shape index (κ1) is 24.9. The van der Waals surface area contributed by atoms with Crippen molar-refractivity contribution in [3.63, 3.8) is 0 Å². The van der Waals surface area contributed by atoms with Crippen LogP contribution >= 0.6 is 0 Å². The van der Waals surface area contributed by atoms with E-state index in [1.54, 1.807) is 0 Å². The minimum atomic E-state index is 0.0470. The van der Waals surface area contributed by atoms with E-state index in [9.17, 15) is 0 Å². The molecule has 1 saturated carbocycles. The molecule has 208 valence electrons. The second-order valence-electron chi connectivity index (χ2n) is 13.2. The molecule has 0 bridgehead atoms. The van der Waals surface area contributed by atoms with Crippen LogP contribution in [0.2, 0.25) is 0 Å². The maximum absolute atomic E-state index is 2.67. The fourth-order valence-corrected chi connectivity index (χ4v) is 8.81. The molecular formula is C42H35N. The van der Waals surface area contributed by atoms with Gasteiger partial charge >= 0.3 is 0 Å². The number of hydrogen-bond acceptors (Lipinski definition) is 1.